The molecule has 12 heavy (non-hydrogen) atoms. The second-order valence-electron chi connectivity index (χ2n) is 2.79. The molecule has 0 radical (unpaired) electrons. The smallest absolute Gasteiger partial charge is 0.0208 e. The number of aryl methyl sites for hydroxylation is 2. The van der Waals surface area contributed by atoms with Crippen LogP contribution in [-0.2, 0) is 0 Å². The van der Waals surface area contributed by atoms with E-state index in [9.17, 15) is 0 Å². The van der Waals surface area contributed by atoms with Gasteiger partial charge in [0, 0.05) is 9.79 Å². The van der Waals surface area contributed by atoms with Gasteiger partial charge in [-0.2, -0.15) is 0 Å². The van der Waals surface area contributed by atoms with Crippen LogP contribution in [0.25, 0.3) is 0 Å². The molecule has 0 spiro atoms. The minimum Gasteiger partial charge on any atom is -0.128 e. The van der Waals surface area contributed by atoms with Crippen LogP contribution in [0, 0.1) is 13.8 Å². The van der Waals surface area contributed by atoms with Gasteiger partial charge in [-0.25, -0.2) is 0 Å². The minimum atomic E-state index is 1.39. The van der Waals surface area contributed by atoms with Crippen LogP contribution in [0.5, 0.6) is 0 Å². The highest BCUT2D eigenvalue weighted by atomic mass is 32.2. The van der Waals surface area contributed by atoms with Gasteiger partial charge in [0.25, 0.3) is 0 Å². The van der Waals surface area contributed by atoms with E-state index in [4.69, 9.17) is 0 Å². The molecule has 0 saturated carbocycles. The maximum Gasteiger partial charge on any atom is 0.0208 e. The molecule has 0 atom stereocenters. The van der Waals surface area contributed by atoms with Crippen molar-refractivity contribution in [2.75, 3.05) is 12.5 Å². The van der Waals surface area contributed by atoms with E-state index in [1.807, 2.05) is 23.5 Å². The van der Waals surface area contributed by atoms with Crippen LogP contribution in [0.3, 0.4) is 0 Å². The molecule has 1 rings (SSSR count). The third-order valence-corrected chi connectivity index (χ3v) is 3.68. The SMILES string of the molecule is CSc1cc(C)c(C)cc1SC. The lowest BCUT2D eigenvalue weighted by Crippen LogP contribution is -1.84. The minimum absolute atomic E-state index is 1.39. The monoisotopic (exact) mass is 198 g/mol. The molecule has 0 aliphatic carbocycles. The van der Waals surface area contributed by atoms with Crippen LogP contribution >= 0.6 is 23.5 Å². The van der Waals surface area contributed by atoms with Crippen molar-refractivity contribution in [1.82, 2.24) is 0 Å². The highest BCUT2D eigenvalue weighted by molar-refractivity contribution is 8.01. The molecule has 0 amide bonds. The van der Waals surface area contributed by atoms with Crippen LogP contribution in [0.4, 0.5) is 0 Å². The summed E-state index contributed by atoms with van der Waals surface area (Å²) in [6.45, 7) is 4.33. The van der Waals surface area contributed by atoms with Crippen molar-refractivity contribution in [2.45, 2.75) is 23.6 Å². The average Bonchev–Trinajstić information content (AvgIpc) is 2.09. The molecule has 0 aliphatic rings. The van der Waals surface area contributed by atoms with E-state index in [0.717, 1.165) is 0 Å². The summed E-state index contributed by atoms with van der Waals surface area (Å²) < 4.78 is 0. The van der Waals surface area contributed by atoms with Crippen molar-refractivity contribution in [3.8, 4) is 0 Å². The maximum absolute atomic E-state index is 2.27. The summed E-state index contributed by atoms with van der Waals surface area (Å²) in [6, 6.07) is 4.54. The highest BCUT2D eigenvalue weighted by Gasteiger charge is 2.02. The van der Waals surface area contributed by atoms with Gasteiger partial charge in [0.1, 0.15) is 0 Å². The quantitative estimate of drug-likeness (QED) is 0.664. The Morgan fingerprint density at radius 1 is 0.833 bits per heavy atom. The Bertz CT molecular complexity index is 250. The summed E-state index contributed by atoms with van der Waals surface area (Å²) in [5, 5.41) is 0. The first kappa shape index (κ1) is 10.0. The fourth-order valence-electron chi connectivity index (χ4n) is 1.08. The summed E-state index contributed by atoms with van der Waals surface area (Å²) in [5.41, 5.74) is 2.77. The molecule has 66 valence electrons. The van der Waals surface area contributed by atoms with Crippen molar-refractivity contribution in [2.24, 2.45) is 0 Å². The molecular formula is C10H14S2. The van der Waals surface area contributed by atoms with Gasteiger partial charge in [-0.15, -0.1) is 23.5 Å². The summed E-state index contributed by atoms with van der Waals surface area (Å²) in [6.07, 6.45) is 4.26. The van der Waals surface area contributed by atoms with Gasteiger partial charge in [0.15, 0.2) is 0 Å². The van der Waals surface area contributed by atoms with E-state index in [-0.39, 0.29) is 0 Å². The van der Waals surface area contributed by atoms with Crippen LogP contribution in [0.15, 0.2) is 21.9 Å². The molecule has 0 saturated heterocycles. The molecule has 0 unspecified atom stereocenters. The van der Waals surface area contributed by atoms with Crippen molar-refractivity contribution >= 4 is 23.5 Å². The second-order valence-corrected chi connectivity index (χ2v) is 4.49. The van der Waals surface area contributed by atoms with Crippen molar-refractivity contribution in [3.05, 3.63) is 23.3 Å². The zero-order valence-corrected chi connectivity index (χ0v) is 9.60. The normalized spacial score (nSPS) is 10.3. The van der Waals surface area contributed by atoms with Crippen LogP contribution in [0.2, 0.25) is 0 Å². The fraction of sp³-hybridized carbons (Fsp3) is 0.400. The van der Waals surface area contributed by atoms with E-state index in [0.29, 0.717) is 0 Å². The molecule has 0 N–H and O–H groups in total. The van der Waals surface area contributed by atoms with Gasteiger partial charge >= 0.3 is 0 Å². The fourth-order valence-corrected chi connectivity index (χ4v) is 2.69. The number of thioether (sulfide) groups is 2. The largest absolute Gasteiger partial charge is 0.128 e. The first-order valence-corrected chi connectivity index (χ1v) is 6.33. The molecule has 0 nitrogen and oxygen atoms in total. The Kier molecular flexibility index (Phi) is 3.53. The molecule has 0 bridgehead atoms. The van der Waals surface area contributed by atoms with E-state index in [2.05, 4.69) is 38.5 Å². The average molecular weight is 198 g/mol. The third-order valence-electron chi connectivity index (χ3n) is 2.00. The molecule has 0 aliphatic heterocycles. The van der Waals surface area contributed by atoms with Crippen LogP contribution in [0.1, 0.15) is 11.1 Å². The van der Waals surface area contributed by atoms with Gasteiger partial charge in [0.2, 0.25) is 0 Å². The Labute approximate surface area is 83.1 Å². The van der Waals surface area contributed by atoms with E-state index >= 15 is 0 Å². The maximum atomic E-state index is 2.27. The summed E-state index contributed by atoms with van der Waals surface area (Å²) in [5.74, 6) is 0. The molecular weight excluding hydrogens is 184 g/mol. The molecule has 0 heterocycles. The zero-order chi connectivity index (χ0) is 9.14. The number of rotatable bonds is 2. The van der Waals surface area contributed by atoms with Gasteiger partial charge < -0.3 is 0 Å². The van der Waals surface area contributed by atoms with Crippen molar-refractivity contribution in [1.29, 1.82) is 0 Å². The number of hydrogen-bond acceptors (Lipinski definition) is 2. The lowest BCUT2D eigenvalue weighted by molar-refractivity contribution is 1.17. The van der Waals surface area contributed by atoms with Gasteiger partial charge in [0.05, 0.1) is 0 Å². The van der Waals surface area contributed by atoms with Crippen molar-refractivity contribution in [3.63, 3.8) is 0 Å². The first-order valence-electron chi connectivity index (χ1n) is 3.88. The highest BCUT2D eigenvalue weighted by Crippen LogP contribution is 2.30. The molecule has 1 aromatic rings. The Morgan fingerprint density at radius 2 is 1.17 bits per heavy atom. The summed E-state index contributed by atoms with van der Waals surface area (Å²) in [4.78, 5) is 2.79. The van der Waals surface area contributed by atoms with Gasteiger partial charge in [-0.05, 0) is 49.6 Å². The first-order chi connectivity index (χ1) is 5.69. The van der Waals surface area contributed by atoms with Crippen LogP contribution < -0.4 is 0 Å². The molecule has 2 heteroatoms. The predicted octanol–water partition coefficient (Wildman–Crippen LogP) is 3.75. The summed E-state index contributed by atoms with van der Waals surface area (Å²) >= 11 is 3.64. The summed E-state index contributed by atoms with van der Waals surface area (Å²) in [7, 11) is 0. The molecule has 0 aromatic heterocycles. The standard InChI is InChI=1S/C10H14S2/c1-7-5-9(11-3)10(12-4)6-8(7)2/h5-6H,1-4H3. The Balaban J connectivity index is 3.19. The topological polar surface area (TPSA) is 0 Å². The lowest BCUT2D eigenvalue weighted by atomic mass is 10.1. The van der Waals surface area contributed by atoms with Crippen molar-refractivity contribution < 1.29 is 0 Å². The van der Waals surface area contributed by atoms with E-state index in [1.54, 1.807) is 0 Å². The van der Waals surface area contributed by atoms with Crippen LogP contribution in [-0.4, -0.2) is 12.5 Å². The number of benzene rings is 1. The third kappa shape index (κ3) is 1.99. The molecule has 0 fully saturated rings. The number of hydrogen-bond donors (Lipinski definition) is 0. The Hall–Kier alpha value is -0.0800. The lowest BCUT2D eigenvalue weighted by Gasteiger charge is -2.08. The van der Waals surface area contributed by atoms with Gasteiger partial charge in [-0.1, -0.05) is 0 Å². The molecule has 1 aromatic carbocycles. The zero-order valence-electron chi connectivity index (χ0n) is 7.97. The van der Waals surface area contributed by atoms with Gasteiger partial charge in [-0.3, -0.25) is 0 Å². The van der Waals surface area contributed by atoms with E-state index < -0.39 is 0 Å². The Morgan fingerprint density at radius 3 is 1.42 bits per heavy atom. The second kappa shape index (κ2) is 4.24. The predicted molar refractivity (Wildman–Crippen MR) is 59.5 cm³/mol. The van der Waals surface area contributed by atoms with E-state index in [1.165, 1.54) is 20.9 Å².